The van der Waals surface area contributed by atoms with Crippen LogP contribution in [0.25, 0.3) is 0 Å². The molecule has 1 unspecified atom stereocenters. The Morgan fingerprint density at radius 3 is 3.06 bits per heavy atom. The fourth-order valence-corrected chi connectivity index (χ4v) is 2.71. The number of aromatic nitrogens is 3. The highest BCUT2D eigenvalue weighted by atomic mass is 16.3. The summed E-state index contributed by atoms with van der Waals surface area (Å²) < 4.78 is 4.19. The highest BCUT2D eigenvalue weighted by Crippen LogP contribution is 2.29. The van der Waals surface area contributed by atoms with Gasteiger partial charge in [-0.15, -0.1) is 0 Å². The van der Waals surface area contributed by atoms with Crippen LogP contribution in [-0.4, -0.2) is 19.2 Å². The molecule has 0 bridgehead atoms. The normalized spacial score (nSPS) is 19.6. The summed E-state index contributed by atoms with van der Waals surface area (Å²) in [7, 11) is 2.01. The number of rotatable bonds is 2. The highest BCUT2D eigenvalue weighted by Gasteiger charge is 2.18. The second kappa shape index (κ2) is 4.61. The molecule has 18 heavy (non-hydrogen) atoms. The molecular weight excluding hydrogens is 226 g/mol. The van der Waals surface area contributed by atoms with Crippen LogP contribution in [0.2, 0.25) is 0 Å². The van der Waals surface area contributed by atoms with Crippen LogP contribution in [0, 0.1) is 0 Å². The Bertz CT molecular complexity index is 541. The van der Waals surface area contributed by atoms with E-state index in [1.54, 1.807) is 0 Å². The first-order valence-electron chi connectivity index (χ1n) is 6.56. The number of aliphatic hydroxyl groups excluding tert-OH is 1. The Balaban J connectivity index is 1.87. The van der Waals surface area contributed by atoms with Gasteiger partial charge in [0, 0.05) is 31.2 Å². The highest BCUT2D eigenvalue weighted by molar-refractivity contribution is 5.28. The maximum atomic E-state index is 10.1. The SMILES string of the molecule is Cn1cncc1Cn1cc2c(c1)C(O)CCCC2. The van der Waals surface area contributed by atoms with E-state index in [2.05, 4.69) is 21.9 Å². The fraction of sp³-hybridized carbons (Fsp3) is 0.500. The average molecular weight is 245 g/mol. The van der Waals surface area contributed by atoms with Crippen molar-refractivity contribution in [2.75, 3.05) is 0 Å². The van der Waals surface area contributed by atoms with E-state index in [-0.39, 0.29) is 6.10 Å². The van der Waals surface area contributed by atoms with Gasteiger partial charge in [0.2, 0.25) is 0 Å². The van der Waals surface area contributed by atoms with Gasteiger partial charge in [-0.3, -0.25) is 0 Å². The number of hydrogen-bond donors (Lipinski definition) is 1. The van der Waals surface area contributed by atoms with E-state index < -0.39 is 0 Å². The Hall–Kier alpha value is -1.55. The van der Waals surface area contributed by atoms with Gasteiger partial charge >= 0.3 is 0 Å². The topological polar surface area (TPSA) is 43.0 Å². The summed E-state index contributed by atoms with van der Waals surface area (Å²) in [5.74, 6) is 0. The molecule has 3 rings (SSSR count). The van der Waals surface area contributed by atoms with Crippen LogP contribution >= 0.6 is 0 Å². The summed E-state index contributed by atoms with van der Waals surface area (Å²) in [5, 5.41) is 10.1. The lowest BCUT2D eigenvalue weighted by Crippen LogP contribution is -2.02. The number of hydrogen-bond acceptors (Lipinski definition) is 2. The first-order valence-corrected chi connectivity index (χ1v) is 6.56. The molecule has 1 aliphatic carbocycles. The smallest absolute Gasteiger partial charge is 0.0946 e. The third-order valence-electron chi connectivity index (χ3n) is 3.79. The van der Waals surface area contributed by atoms with Gasteiger partial charge in [-0.1, -0.05) is 6.42 Å². The van der Waals surface area contributed by atoms with Crippen molar-refractivity contribution < 1.29 is 5.11 Å². The molecule has 0 fully saturated rings. The molecule has 4 nitrogen and oxygen atoms in total. The number of aryl methyl sites for hydroxylation is 2. The second-order valence-electron chi connectivity index (χ2n) is 5.17. The zero-order chi connectivity index (χ0) is 12.5. The van der Waals surface area contributed by atoms with Gasteiger partial charge in [0.25, 0.3) is 0 Å². The minimum Gasteiger partial charge on any atom is -0.388 e. The summed E-state index contributed by atoms with van der Waals surface area (Å²) in [4.78, 5) is 4.13. The van der Waals surface area contributed by atoms with E-state index in [1.807, 2.05) is 24.1 Å². The molecule has 4 heteroatoms. The molecule has 0 saturated carbocycles. The summed E-state index contributed by atoms with van der Waals surface area (Å²) >= 11 is 0. The third kappa shape index (κ3) is 2.08. The molecule has 0 saturated heterocycles. The molecule has 0 amide bonds. The largest absolute Gasteiger partial charge is 0.388 e. The van der Waals surface area contributed by atoms with Gasteiger partial charge in [-0.25, -0.2) is 4.98 Å². The number of fused-ring (bicyclic) bond motifs is 1. The summed E-state index contributed by atoms with van der Waals surface area (Å²) in [5.41, 5.74) is 3.60. The maximum absolute atomic E-state index is 10.1. The number of imidazole rings is 1. The van der Waals surface area contributed by atoms with Crippen molar-refractivity contribution in [3.63, 3.8) is 0 Å². The van der Waals surface area contributed by atoms with Crippen LogP contribution in [0.5, 0.6) is 0 Å². The van der Waals surface area contributed by atoms with Crippen molar-refractivity contribution >= 4 is 0 Å². The Kier molecular flexibility index (Phi) is 2.96. The molecule has 2 aromatic heterocycles. The average Bonchev–Trinajstić information content (AvgIpc) is 2.89. The third-order valence-corrected chi connectivity index (χ3v) is 3.79. The molecule has 0 aliphatic heterocycles. The number of aliphatic hydroxyl groups is 1. The van der Waals surface area contributed by atoms with E-state index in [4.69, 9.17) is 0 Å². The van der Waals surface area contributed by atoms with Crippen molar-refractivity contribution in [1.82, 2.24) is 14.1 Å². The van der Waals surface area contributed by atoms with Crippen LogP contribution in [-0.2, 0) is 20.0 Å². The fourth-order valence-electron chi connectivity index (χ4n) is 2.71. The second-order valence-corrected chi connectivity index (χ2v) is 5.17. The van der Waals surface area contributed by atoms with Gasteiger partial charge in [-0.05, 0) is 24.8 Å². The van der Waals surface area contributed by atoms with E-state index in [1.165, 1.54) is 17.7 Å². The lowest BCUT2D eigenvalue weighted by molar-refractivity contribution is 0.166. The first-order chi connectivity index (χ1) is 8.74. The van der Waals surface area contributed by atoms with Gasteiger partial charge in [0.05, 0.1) is 24.7 Å². The van der Waals surface area contributed by atoms with Gasteiger partial charge in [0.15, 0.2) is 0 Å². The molecule has 1 atom stereocenters. The lowest BCUT2D eigenvalue weighted by Gasteiger charge is -2.06. The maximum Gasteiger partial charge on any atom is 0.0946 e. The molecular formula is C14H19N3O. The quantitative estimate of drug-likeness (QED) is 0.823. The minimum atomic E-state index is -0.282. The van der Waals surface area contributed by atoms with Crippen molar-refractivity contribution in [3.05, 3.63) is 41.7 Å². The molecule has 96 valence electrons. The van der Waals surface area contributed by atoms with E-state index >= 15 is 0 Å². The van der Waals surface area contributed by atoms with Crippen molar-refractivity contribution in [3.8, 4) is 0 Å². The molecule has 1 N–H and O–H groups in total. The van der Waals surface area contributed by atoms with Crippen molar-refractivity contribution in [2.45, 2.75) is 38.3 Å². The minimum absolute atomic E-state index is 0.282. The molecule has 2 aromatic rings. The molecule has 0 spiro atoms. The van der Waals surface area contributed by atoms with E-state index in [0.29, 0.717) is 0 Å². The molecule has 2 heterocycles. The van der Waals surface area contributed by atoms with Crippen LogP contribution in [0.4, 0.5) is 0 Å². The molecule has 1 aliphatic rings. The zero-order valence-electron chi connectivity index (χ0n) is 10.7. The van der Waals surface area contributed by atoms with Crippen LogP contribution in [0.1, 0.15) is 42.2 Å². The summed E-state index contributed by atoms with van der Waals surface area (Å²) in [6, 6.07) is 0. The Labute approximate surface area is 107 Å². The lowest BCUT2D eigenvalue weighted by atomic mass is 10.1. The first kappa shape index (κ1) is 11.5. The van der Waals surface area contributed by atoms with E-state index in [9.17, 15) is 5.11 Å². The van der Waals surface area contributed by atoms with Crippen molar-refractivity contribution in [1.29, 1.82) is 0 Å². The van der Waals surface area contributed by atoms with Gasteiger partial charge in [-0.2, -0.15) is 0 Å². The predicted octanol–water partition coefficient (Wildman–Crippen LogP) is 2.03. The van der Waals surface area contributed by atoms with Gasteiger partial charge < -0.3 is 14.2 Å². The summed E-state index contributed by atoms with van der Waals surface area (Å²) in [6.07, 6.45) is 12.0. The predicted molar refractivity (Wildman–Crippen MR) is 69.3 cm³/mol. The molecule has 0 radical (unpaired) electrons. The monoisotopic (exact) mass is 245 g/mol. The van der Waals surface area contributed by atoms with Gasteiger partial charge in [0.1, 0.15) is 0 Å². The zero-order valence-corrected chi connectivity index (χ0v) is 10.7. The van der Waals surface area contributed by atoms with E-state index in [0.717, 1.165) is 31.4 Å². The number of nitrogens with zero attached hydrogens (tertiary/aromatic N) is 3. The van der Waals surface area contributed by atoms with Crippen molar-refractivity contribution in [2.24, 2.45) is 7.05 Å². The molecule has 0 aromatic carbocycles. The van der Waals surface area contributed by atoms with Crippen LogP contribution in [0.3, 0.4) is 0 Å². The van der Waals surface area contributed by atoms with Crippen LogP contribution in [0.15, 0.2) is 24.9 Å². The standard InChI is InChI=1S/C14H19N3O/c1-16-10-15-6-12(16)8-17-7-11-4-2-3-5-14(18)13(11)9-17/h6-7,9-10,14,18H,2-5,8H2,1H3. The Morgan fingerprint density at radius 2 is 2.28 bits per heavy atom. The summed E-state index contributed by atoms with van der Waals surface area (Å²) in [6.45, 7) is 0.816. The Morgan fingerprint density at radius 1 is 1.39 bits per heavy atom. The van der Waals surface area contributed by atoms with Crippen LogP contribution < -0.4 is 0 Å².